The second-order valence-corrected chi connectivity index (χ2v) is 5.43. The number of hydrogen-bond acceptors (Lipinski definition) is 5. The van der Waals surface area contributed by atoms with Gasteiger partial charge in [-0.15, -0.1) is 0 Å². The Hall–Kier alpha value is -0.200. The molecular formula is C14H26O5. The van der Waals surface area contributed by atoms with E-state index >= 15 is 0 Å². The van der Waals surface area contributed by atoms with E-state index in [1.54, 1.807) is 0 Å². The van der Waals surface area contributed by atoms with Crippen LogP contribution in [0.4, 0.5) is 0 Å². The molecule has 1 saturated carbocycles. The van der Waals surface area contributed by atoms with Gasteiger partial charge in [0.1, 0.15) is 0 Å². The molecule has 0 aromatic heterocycles. The van der Waals surface area contributed by atoms with E-state index in [0.29, 0.717) is 0 Å². The summed E-state index contributed by atoms with van der Waals surface area (Å²) >= 11 is 0. The summed E-state index contributed by atoms with van der Waals surface area (Å²) in [6, 6.07) is 0. The molecule has 0 aromatic rings. The third-order valence-electron chi connectivity index (χ3n) is 3.80. The largest absolute Gasteiger partial charge is 0.323 e. The van der Waals surface area contributed by atoms with Crippen molar-refractivity contribution in [2.75, 3.05) is 13.6 Å². The average molecular weight is 274 g/mol. The first-order chi connectivity index (χ1) is 9.41. The molecule has 1 heterocycles. The van der Waals surface area contributed by atoms with Crippen LogP contribution >= 0.6 is 0 Å². The van der Waals surface area contributed by atoms with E-state index < -0.39 is 5.79 Å². The van der Waals surface area contributed by atoms with Crippen LogP contribution in [0.3, 0.4) is 0 Å². The molecule has 1 saturated heterocycles. The maximum Gasteiger partial charge on any atom is 0.234 e. The Labute approximate surface area is 115 Å². The lowest BCUT2D eigenvalue weighted by Gasteiger charge is -2.32. The van der Waals surface area contributed by atoms with Gasteiger partial charge in [-0.1, -0.05) is 44.9 Å². The van der Waals surface area contributed by atoms with E-state index in [0.717, 1.165) is 25.7 Å². The maximum absolute atomic E-state index is 5.44. The number of ether oxygens (including phenoxy) is 1. The predicted octanol–water partition coefficient (Wildman–Crippen LogP) is 3.83. The van der Waals surface area contributed by atoms with Crippen molar-refractivity contribution in [1.29, 1.82) is 0 Å². The first-order valence-corrected chi connectivity index (χ1v) is 7.60. The Bertz CT molecular complexity index is 212. The normalized spacial score (nSPS) is 27.8. The first-order valence-electron chi connectivity index (χ1n) is 7.60. The summed E-state index contributed by atoms with van der Waals surface area (Å²) in [5.74, 6) is -0.747. The Morgan fingerprint density at radius 3 is 1.42 bits per heavy atom. The molecule has 0 unspecified atom stereocenters. The van der Waals surface area contributed by atoms with E-state index in [4.69, 9.17) is 24.3 Å². The lowest BCUT2D eigenvalue weighted by atomic mass is 9.97. The molecule has 1 aliphatic carbocycles. The highest BCUT2D eigenvalue weighted by Crippen LogP contribution is 2.30. The molecule has 0 aromatic carbocycles. The van der Waals surface area contributed by atoms with Gasteiger partial charge in [0.2, 0.25) is 5.79 Å². The van der Waals surface area contributed by atoms with E-state index in [1.807, 2.05) is 0 Å². The quantitative estimate of drug-likeness (QED) is 0.628. The lowest BCUT2D eigenvalue weighted by molar-refractivity contribution is -0.557. The molecule has 0 atom stereocenters. The second kappa shape index (κ2) is 8.87. The molecule has 0 radical (unpaired) electrons. The van der Waals surface area contributed by atoms with Gasteiger partial charge in [0.25, 0.3) is 0 Å². The molecule has 19 heavy (non-hydrogen) atoms. The van der Waals surface area contributed by atoms with Crippen molar-refractivity contribution in [3.05, 3.63) is 0 Å². The van der Waals surface area contributed by atoms with Gasteiger partial charge >= 0.3 is 0 Å². The first kappa shape index (κ1) is 15.2. The number of hydrogen-bond donors (Lipinski definition) is 0. The van der Waals surface area contributed by atoms with Gasteiger partial charge in [0.05, 0.1) is 0 Å². The van der Waals surface area contributed by atoms with Gasteiger partial charge < -0.3 is 4.74 Å². The van der Waals surface area contributed by atoms with Crippen molar-refractivity contribution in [3.63, 3.8) is 0 Å². The summed E-state index contributed by atoms with van der Waals surface area (Å²) < 4.78 is 4.95. The molecule has 2 rings (SSSR count). The molecule has 2 aliphatic rings. The summed E-state index contributed by atoms with van der Waals surface area (Å²) in [5.41, 5.74) is 0. The fourth-order valence-corrected chi connectivity index (χ4v) is 2.70. The van der Waals surface area contributed by atoms with Crippen LogP contribution in [-0.4, -0.2) is 19.4 Å². The van der Waals surface area contributed by atoms with Gasteiger partial charge in [0.15, 0.2) is 13.6 Å². The van der Waals surface area contributed by atoms with E-state index in [9.17, 15) is 0 Å². The topological polar surface area (TPSA) is 46.2 Å². The Kier molecular flexibility index (Phi) is 7.09. The summed E-state index contributed by atoms with van der Waals surface area (Å²) in [7, 11) is 0. The molecule has 1 aliphatic heterocycles. The minimum absolute atomic E-state index is 0.0884. The highest BCUT2D eigenvalue weighted by atomic mass is 17.3. The van der Waals surface area contributed by atoms with Crippen LogP contribution in [0.2, 0.25) is 0 Å². The predicted molar refractivity (Wildman–Crippen MR) is 68.7 cm³/mol. The molecule has 5 heteroatoms. The van der Waals surface area contributed by atoms with Crippen molar-refractivity contribution in [3.8, 4) is 0 Å². The van der Waals surface area contributed by atoms with E-state index in [2.05, 4.69) is 0 Å². The Balaban J connectivity index is 1.87. The molecule has 112 valence electrons. The van der Waals surface area contributed by atoms with Gasteiger partial charge in [-0.25, -0.2) is 9.78 Å². The minimum Gasteiger partial charge on any atom is -0.323 e. The van der Waals surface area contributed by atoms with Crippen molar-refractivity contribution in [1.82, 2.24) is 0 Å². The van der Waals surface area contributed by atoms with Crippen molar-refractivity contribution >= 4 is 0 Å². The standard InChI is InChI=1S/C14H26O5/c1-2-4-6-8-10-14(11-9-7-5-3-1)18-16-12-15-13-17-19-14/h1-13H2. The third kappa shape index (κ3) is 5.75. The average Bonchev–Trinajstić information content (AvgIpc) is 2.37. The maximum atomic E-state index is 5.44. The highest BCUT2D eigenvalue weighted by Gasteiger charge is 2.35. The summed E-state index contributed by atoms with van der Waals surface area (Å²) in [5, 5.41) is 0. The van der Waals surface area contributed by atoms with Gasteiger partial charge in [-0.05, 0) is 12.8 Å². The molecule has 0 N–H and O–H groups in total. The van der Waals surface area contributed by atoms with Crippen molar-refractivity contribution < 1.29 is 24.3 Å². The van der Waals surface area contributed by atoms with Crippen molar-refractivity contribution in [2.24, 2.45) is 0 Å². The molecule has 0 amide bonds. The summed E-state index contributed by atoms with van der Waals surface area (Å²) in [6.07, 6.45) is 12.9. The van der Waals surface area contributed by atoms with E-state index in [1.165, 1.54) is 44.9 Å². The van der Waals surface area contributed by atoms with Gasteiger partial charge in [-0.3, -0.25) is 0 Å². The second-order valence-electron chi connectivity index (χ2n) is 5.43. The van der Waals surface area contributed by atoms with Crippen LogP contribution < -0.4 is 0 Å². The van der Waals surface area contributed by atoms with Crippen LogP contribution in [-0.2, 0) is 24.3 Å². The summed E-state index contributed by atoms with van der Waals surface area (Å²) in [4.78, 5) is 21.0. The molecule has 2 fully saturated rings. The van der Waals surface area contributed by atoms with Crippen LogP contribution in [0.25, 0.3) is 0 Å². The minimum atomic E-state index is -0.747. The fraction of sp³-hybridized carbons (Fsp3) is 1.00. The monoisotopic (exact) mass is 274 g/mol. The molecule has 5 nitrogen and oxygen atoms in total. The Morgan fingerprint density at radius 1 is 0.526 bits per heavy atom. The van der Waals surface area contributed by atoms with Crippen LogP contribution in [0.1, 0.15) is 70.6 Å². The molecule has 0 bridgehead atoms. The van der Waals surface area contributed by atoms with Gasteiger partial charge in [-0.2, -0.15) is 9.78 Å². The number of rotatable bonds is 0. The third-order valence-corrected chi connectivity index (χ3v) is 3.80. The van der Waals surface area contributed by atoms with E-state index in [-0.39, 0.29) is 13.6 Å². The van der Waals surface area contributed by atoms with Gasteiger partial charge in [0, 0.05) is 12.8 Å². The van der Waals surface area contributed by atoms with Crippen LogP contribution in [0.15, 0.2) is 0 Å². The zero-order valence-corrected chi connectivity index (χ0v) is 11.7. The Morgan fingerprint density at radius 2 is 0.947 bits per heavy atom. The zero-order chi connectivity index (χ0) is 13.2. The van der Waals surface area contributed by atoms with Crippen LogP contribution in [0, 0.1) is 0 Å². The fourth-order valence-electron chi connectivity index (χ4n) is 2.70. The zero-order valence-electron chi connectivity index (χ0n) is 11.7. The smallest absolute Gasteiger partial charge is 0.234 e. The van der Waals surface area contributed by atoms with Crippen molar-refractivity contribution in [2.45, 2.75) is 76.4 Å². The summed E-state index contributed by atoms with van der Waals surface area (Å²) in [6.45, 7) is 0.177. The highest BCUT2D eigenvalue weighted by molar-refractivity contribution is 4.69. The SMILES string of the molecule is C1CCCCCC2(CCCCC1)OOCOCOO2. The van der Waals surface area contributed by atoms with Crippen LogP contribution in [0.5, 0.6) is 0 Å². The molecule has 1 spiro atoms. The molecular weight excluding hydrogens is 248 g/mol. The lowest BCUT2D eigenvalue weighted by Crippen LogP contribution is -2.38.